The fourth-order valence-electron chi connectivity index (χ4n) is 3.12. The normalized spacial score (nSPS) is 10.8. The van der Waals surface area contributed by atoms with Crippen LogP contribution in [0.4, 0.5) is 5.69 Å². The maximum Gasteiger partial charge on any atom is 0.238 e. The average Bonchev–Trinajstić information content (AvgIpc) is 3.27. The summed E-state index contributed by atoms with van der Waals surface area (Å²) in [7, 11) is 1.64. The van der Waals surface area contributed by atoms with Gasteiger partial charge in [0.15, 0.2) is 11.5 Å². The molecular weight excluding hydrogens is 396 g/mol. The minimum Gasteiger partial charge on any atom is -0.493 e. The van der Waals surface area contributed by atoms with Crippen molar-refractivity contribution in [3.8, 4) is 11.5 Å². The molecule has 1 N–H and O–H groups in total. The van der Waals surface area contributed by atoms with Crippen molar-refractivity contribution in [2.75, 3.05) is 25.5 Å². The number of likely N-dealkylation sites (N-methyl/N-ethyl adjacent to an activating group) is 1. The molecule has 3 rings (SSSR count). The number of aryl methyl sites for hydroxylation is 1. The molecular formula is C24H28N2O3S. The summed E-state index contributed by atoms with van der Waals surface area (Å²) in [5.74, 6) is 1.40. The van der Waals surface area contributed by atoms with Gasteiger partial charge in [0.2, 0.25) is 5.91 Å². The number of para-hydroxylation sites is 1. The first-order chi connectivity index (χ1) is 14.6. The molecule has 0 atom stereocenters. The molecule has 0 saturated carbocycles. The van der Waals surface area contributed by atoms with Gasteiger partial charge in [-0.15, -0.1) is 11.3 Å². The Labute approximate surface area is 182 Å². The summed E-state index contributed by atoms with van der Waals surface area (Å²) in [6.45, 7) is 6.30. The molecule has 0 radical (unpaired) electrons. The number of hydrogen-bond donors (Lipinski definition) is 1. The number of nitrogens with one attached hydrogen (secondary N) is 1. The lowest BCUT2D eigenvalue weighted by Crippen LogP contribution is -2.32. The molecule has 0 aliphatic carbocycles. The number of thiophene rings is 1. The summed E-state index contributed by atoms with van der Waals surface area (Å²) in [4.78, 5) is 15.8. The SMILES string of the molecule is CCN(CC(=O)Nc1ccccc1C)Cc1ccc(OCc2cccs2)c(OC)c1. The Bertz CT molecular complexity index is 957. The maximum atomic E-state index is 12.5. The van der Waals surface area contributed by atoms with Crippen LogP contribution in [-0.2, 0) is 17.9 Å². The minimum absolute atomic E-state index is 0.0194. The lowest BCUT2D eigenvalue weighted by Gasteiger charge is -2.21. The topological polar surface area (TPSA) is 50.8 Å². The third-order valence-electron chi connectivity index (χ3n) is 4.82. The van der Waals surface area contributed by atoms with Gasteiger partial charge in [-0.05, 0) is 54.2 Å². The van der Waals surface area contributed by atoms with Crippen LogP contribution in [0.2, 0.25) is 0 Å². The molecule has 1 aromatic heterocycles. The molecule has 0 saturated heterocycles. The first kappa shape index (κ1) is 21.9. The standard InChI is InChI=1S/C24H28N2O3S/c1-4-26(16-24(27)25-21-10-6-5-8-18(21)2)15-19-11-12-22(23(14-19)28-3)29-17-20-9-7-13-30-20/h5-14H,4,15-17H2,1-3H3,(H,25,27). The van der Waals surface area contributed by atoms with Crippen LogP contribution >= 0.6 is 11.3 Å². The second-order valence-corrected chi connectivity index (χ2v) is 8.05. The largest absolute Gasteiger partial charge is 0.493 e. The number of amides is 1. The predicted molar refractivity (Wildman–Crippen MR) is 122 cm³/mol. The third-order valence-corrected chi connectivity index (χ3v) is 5.67. The van der Waals surface area contributed by atoms with Crippen molar-refractivity contribution in [3.63, 3.8) is 0 Å². The summed E-state index contributed by atoms with van der Waals surface area (Å²) < 4.78 is 11.4. The van der Waals surface area contributed by atoms with Gasteiger partial charge >= 0.3 is 0 Å². The van der Waals surface area contributed by atoms with E-state index in [0.717, 1.165) is 34.0 Å². The van der Waals surface area contributed by atoms with Crippen molar-refractivity contribution in [3.05, 3.63) is 76.0 Å². The van der Waals surface area contributed by atoms with Crippen molar-refractivity contribution >= 4 is 22.9 Å². The number of benzene rings is 2. The van der Waals surface area contributed by atoms with E-state index in [9.17, 15) is 4.79 Å². The minimum atomic E-state index is -0.0194. The van der Waals surface area contributed by atoms with Gasteiger partial charge in [0.1, 0.15) is 6.61 Å². The molecule has 30 heavy (non-hydrogen) atoms. The smallest absolute Gasteiger partial charge is 0.238 e. The second kappa shape index (κ2) is 10.8. The highest BCUT2D eigenvalue weighted by atomic mass is 32.1. The Kier molecular flexibility index (Phi) is 7.88. The summed E-state index contributed by atoms with van der Waals surface area (Å²) in [6, 6.07) is 17.8. The van der Waals surface area contributed by atoms with Crippen LogP contribution < -0.4 is 14.8 Å². The van der Waals surface area contributed by atoms with E-state index in [-0.39, 0.29) is 5.91 Å². The van der Waals surface area contributed by atoms with Gasteiger partial charge in [0, 0.05) is 17.1 Å². The van der Waals surface area contributed by atoms with Crippen LogP contribution in [0.3, 0.4) is 0 Å². The molecule has 0 fully saturated rings. The number of methoxy groups -OCH3 is 1. The highest BCUT2D eigenvalue weighted by molar-refractivity contribution is 7.09. The van der Waals surface area contributed by atoms with Crippen molar-refractivity contribution < 1.29 is 14.3 Å². The first-order valence-electron chi connectivity index (χ1n) is 9.99. The van der Waals surface area contributed by atoms with E-state index in [4.69, 9.17) is 9.47 Å². The Balaban J connectivity index is 1.60. The fraction of sp³-hybridized carbons (Fsp3) is 0.292. The van der Waals surface area contributed by atoms with Crippen LogP contribution in [-0.4, -0.2) is 31.0 Å². The van der Waals surface area contributed by atoms with Crippen LogP contribution in [0.1, 0.15) is 22.9 Å². The van der Waals surface area contributed by atoms with E-state index in [0.29, 0.717) is 25.4 Å². The molecule has 2 aromatic carbocycles. The quantitative estimate of drug-likeness (QED) is 0.492. The zero-order valence-electron chi connectivity index (χ0n) is 17.7. The van der Waals surface area contributed by atoms with E-state index < -0.39 is 0 Å². The molecule has 0 aliphatic heterocycles. The van der Waals surface area contributed by atoms with Crippen LogP contribution in [0, 0.1) is 6.92 Å². The third kappa shape index (κ3) is 6.08. The average molecular weight is 425 g/mol. The van der Waals surface area contributed by atoms with Gasteiger partial charge in [0.25, 0.3) is 0 Å². The van der Waals surface area contributed by atoms with Gasteiger partial charge in [-0.3, -0.25) is 9.69 Å². The zero-order valence-corrected chi connectivity index (χ0v) is 18.5. The molecule has 3 aromatic rings. The predicted octanol–water partition coefficient (Wildman–Crippen LogP) is 5.10. The van der Waals surface area contributed by atoms with Crippen LogP contribution in [0.5, 0.6) is 11.5 Å². The van der Waals surface area contributed by atoms with Gasteiger partial charge < -0.3 is 14.8 Å². The number of nitrogens with zero attached hydrogens (tertiary/aromatic N) is 1. The number of carbonyl (C=O) groups is 1. The van der Waals surface area contributed by atoms with Gasteiger partial charge in [-0.2, -0.15) is 0 Å². The Morgan fingerprint density at radius 2 is 1.93 bits per heavy atom. The van der Waals surface area contributed by atoms with Gasteiger partial charge in [0.05, 0.1) is 13.7 Å². The molecule has 1 heterocycles. The summed E-state index contributed by atoms with van der Waals surface area (Å²) >= 11 is 1.67. The summed E-state index contributed by atoms with van der Waals surface area (Å²) in [5, 5.41) is 5.03. The van der Waals surface area contributed by atoms with Crippen molar-refractivity contribution in [2.45, 2.75) is 27.0 Å². The number of hydrogen-bond acceptors (Lipinski definition) is 5. The first-order valence-corrected chi connectivity index (χ1v) is 10.9. The fourth-order valence-corrected chi connectivity index (χ4v) is 3.73. The number of carbonyl (C=O) groups excluding carboxylic acids is 1. The van der Waals surface area contributed by atoms with Crippen molar-refractivity contribution in [2.24, 2.45) is 0 Å². The van der Waals surface area contributed by atoms with Crippen molar-refractivity contribution in [1.29, 1.82) is 0 Å². The Hall–Kier alpha value is -2.83. The van der Waals surface area contributed by atoms with Crippen molar-refractivity contribution in [1.82, 2.24) is 4.90 Å². The van der Waals surface area contributed by atoms with E-state index in [2.05, 4.69) is 17.1 Å². The van der Waals surface area contributed by atoms with E-state index >= 15 is 0 Å². The Morgan fingerprint density at radius 1 is 1.10 bits per heavy atom. The molecule has 6 heteroatoms. The number of rotatable bonds is 10. The summed E-state index contributed by atoms with van der Waals surface area (Å²) in [6.07, 6.45) is 0. The number of anilines is 1. The maximum absolute atomic E-state index is 12.5. The van der Waals surface area contributed by atoms with E-state index in [1.807, 2.05) is 66.9 Å². The molecule has 1 amide bonds. The van der Waals surface area contributed by atoms with Gasteiger partial charge in [-0.25, -0.2) is 0 Å². The van der Waals surface area contributed by atoms with Crippen LogP contribution in [0.15, 0.2) is 60.0 Å². The molecule has 0 bridgehead atoms. The number of ether oxygens (including phenoxy) is 2. The molecule has 0 spiro atoms. The molecule has 158 valence electrons. The molecule has 0 unspecified atom stereocenters. The lowest BCUT2D eigenvalue weighted by atomic mass is 10.2. The highest BCUT2D eigenvalue weighted by Gasteiger charge is 2.13. The monoisotopic (exact) mass is 424 g/mol. The van der Waals surface area contributed by atoms with Crippen LogP contribution in [0.25, 0.3) is 0 Å². The zero-order chi connectivity index (χ0) is 21.3. The Morgan fingerprint density at radius 3 is 2.63 bits per heavy atom. The second-order valence-electron chi connectivity index (χ2n) is 7.02. The van der Waals surface area contributed by atoms with E-state index in [1.165, 1.54) is 0 Å². The lowest BCUT2D eigenvalue weighted by molar-refractivity contribution is -0.117. The highest BCUT2D eigenvalue weighted by Crippen LogP contribution is 2.29. The summed E-state index contributed by atoms with van der Waals surface area (Å²) in [5.41, 5.74) is 2.98. The molecule has 0 aliphatic rings. The van der Waals surface area contributed by atoms with E-state index in [1.54, 1.807) is 18.4 Å². The van der Waals surface area contributed by atoms with Gasteiger partial charge in [-0.1, -0.05) is 37.3 Å². The molecule has 5 nitrogen and oxygen atoms in total.